The van der Waals surface area contributed by atoms with Crippen molar-refractivity contribution in [1.82, 2.24) is 28.2 Å². The molecule has 4 aliphatic carbocycles. The van der Waals surface area contributed by atoms with E-state index in [-0.39, 0.29) is 23.7 Å². The third kappa shape index (κ3) is 6.60. The van der Waals surface area contributed by atoms with Gasteiger partial charge in [-0.3, -0.25) is 9.59 Å². The summed E-state index contributed by atoms with van der Waals surface area (Å²) >= 11 is 0. The predicted molar refractivity (Wildman–Crippen MR) is 224 cm³/mol. The molecule has 0 saturated heterocycles. The molecule has 0 N–H and O–H groups in total. The summed E-state index contributed by atoms with van der Waals surface area (Å²) in [7, 11) is 0. The van der Waals surface area contributed by atoms with Crippen molar-refractivity contribution in [2.75, 3.05) is 0 Å². The van der Waals surface area contributed by atoms with Gasteiger partial charge in [0.05, 0.1) is 22.5 Å². The van der Waals surface area contributed by atoms with Gasteiger partial charge < -0.3 is 27.7 Å². The SMILES string of the molecule is Cc1nccn1CC1CC(OC(=O)/C=C\C(=O)OC2CC(Cn3ccnc3C)C(=O)c3c2n(C2CCCC2)c2ccccc32)c2c(c3ccccc3n2C2CCCC2)C1=O. The number of Topliss-reactive ketones (excluding diaryl/α,β-unsaturated/α-hetero) is 2. The van der Waals surface area contributed by atoms with Gasteiger partial charge in [0.1, 0.15) is 23.9 Å². The van der Waals surface area contributed by atoms with Gasteiger partial charge in [-0.25, -0.2) is 19.6 Å². The second-order valence-corrected chi connectivity index (χ2v) is 17.2. The van der Waals surface area contributed by atoms with Gasteiger partial charge in [-0.05, 0) is 51.7 Å². The Labute approximate surface area is 348 Å². The number of para-hydroxylation sites is 2. The van der Waals surface area contributed by atoms with E-state index in [4.69, 9.17) is 9.47 Å². The fraction of sp³-hybridized carbons (Fsp3) is 0.417. The molecule has 4 aliphatic rings. The molecule has 4 heterocycles. The molecule has 4 unspecified atom stereocenters. The molecule has 4 atom stereocenters. The van der Waals surface area contributed by atoms with Crippen molar-refractivity contribution in [3.8, 4) is 0 Å². The van der Waals surface area contributed by atoms with Crippen LogP contribution >= 0.6 is 0 Å². The summed E-state index contributed by atoms with van der Waals surface area (Å²) in [5, 5.41) is 1.75. The van der Waals surface area contributed by atoms with Gasteiger partial charge in [0, 0.05) is 109 Å². The summed E-state index contributed by atoms with van der Waals surface area (Å²) in [6, 6.07) is 16.4. The van der Waals surface area contributed by atoms with Crippen molar-refractivity contribution in [3.63, 3.8) is 0 Å². The Morgan fingerprint density at radius 1 is 0.633 bits per heavy atom. The summed E-state index contributed by atoms with van der Waals surface area (Å²) in [5.41, 5.74) is 4.68. The van der Waals surface area contributed by atoms with E-state index in [0.717, 1.165) is 108 Å². The first-order valence-corrected chi connectivity index (χ1v) is 21.6. The van der Waals surface area contributed by atoms with Gasteiger partial charge in [0.25, 0.3) is 0 Å². The fourth-order valence-electron chi connectivity index (χ4n) is 10.9. The first kappa shape index (κ1) is 38.2. The molecule has 12 heteroatoms. The van der Waals surface area contributed by atoms with E-state index in [1.807, 2.05) is 71.8 Å². The highest BCUT2D eigenvalue weighted by Gasteiger charge is 2.44. The molecule has 0 bridgehead atoms. The smallest absolute Gasteiger partial charge is 0.331 e. The van der Waals surface area contributed by atoms with Crippen LogP contribution in [0.3, 0.4) is 0 Å². The summed E-state index contributed by atoms with van der Waals surface area (Å²) in [4.78, 5) is 65.4. The van der Waals surface area contributed by atoms with Crippen LogP contribution in [0.1, 0.15) is 132 Å². The van der Waals surface area contributed by atoms with E-state index in [0.29, 0.717) is 37.1 Å². The van der Waals surface area contributed by atoms with Crippen molar-refractivity contribution in [1.29, 1.82) is 0 Å². The normalized spacial score (nSPS) is 22.3. The Hall–Kier alpha value is -6.04. The van der Waals surface area contributed by atoms with Crippen molar-refractivity contribution < 1.29 is 28.7 Å². The van der Waals surface area contributed by atoms with Crippen LogP contribution in [0.4, 0.5) is 0 Å². The number of imidazole rings is 2. The maximum atomic E-state index is 14.4. The largest absolute Gasteiger partial charge is 0.453 e. The Bertz CT molecular complexity index is 2500. The minimum absolute atomic E-state index is 0.0410. The third-order valence-electron chi connectivity index (χ3n) is 13.7. The molecule has 2 saturated carbocycles. The number of rotatable bonds is 10. The lowest BCUT2D eigenvalue weighted by atomic mass is 9.83. The Kier molecular flexibility index (Phi) is 9.88. The molecule has 60 heavy (non-hydrogen) atoms. The number of ketones is 2. The maximum absolute atomic E-state index is 14.4. The minimum Gasteiger partial charge on any atom is -0.453 e. The summed E-state index contributed by atoms with van der Waals surface area (Å²) in [6.07, 6.45) is 17.0. The lowest BCUT2D eigenvalue weighted by Crippen LogP contribution is -2.32. The lowest BCUT2D eigenvalue weighted by molar-refractivity contribution is -0.147. The topological polar surface area (TPSA) is 132 Å². The Balaban J connectivity index is 0.957. The van der Waals surface area contributed by atoms with Crippen LogP contribution in [0.15, 0.2) is 85.5 Å². The average Bonchev–Trinajstić information content (AvgIpc) is 4.11. The number of fused-ring (bicyclic) bond motifs is 6. The molecule has 6 aromatic rings. The lowest BCUT2D eigenvalue weighted by Gasteiger charge is -2.32. The van der Waals surface area contributed by atoms with Crippen LogP contribution in [-0.2, 0) is 32.2 Å². The van der Waals surface area contributed by atoms with Crippen LogP contribution in [-0.4, -0.2) is 51.7 Å². The number of carbonyl (C=O) groups excluding carboxylic acids is 4. The average molecular weight is 807 g/mol. The van der Waals surface area contributed by atoms with Gasteiger partial charge in [0.2, 0.25) is 0 Å². The molecule has 0 spiro atoms. The van der Waals surface area contributed by atoms with E-state index in [2.05, 4.69) is 31.2 Å². The number of aryl methyl sites for hydroxylation is 2. The molecule has 0 amide bonds. The molecule has 12 nitrogen and oxygen atoms in total. The van der Waals surface area contributed by atoms with Gasteiger partial charge >= 0.3 is 11.9 Å². The monoisotopic (exact) mass is 806 g/mol. The number of aromatic nitrogens is 6. The van der Waals surface area contributed by atoms with Crippen LogP contribution in [0.2, 0.25) is 0 Å². The zero-order chi connectivity index (χ0) is 41.1. The number of hydrogen-bond acceptors (Lipinski definition) is 8. The number of hydrogen-bond donors (Lipinski definition) is 0. The minimum atomic E-state index is -0.714. The highest BCUT2D eigenvalue weighted by Crippen LogP contribution is 2.48. The first-order valence-electron chi connectivity index (χ1n) is 21.6. The number of benzene rings is 2. The zero-order valence-electron chi connectivity index (χ0n) is 34.2. The van der Waals surface area contributed by atoms with Gasteiger partial charge in [-0.15, -0.1) is 0 Å². The van der Waals surface area contributed by atoms with Crippen LogP contribution in [0, 0.1) is 25.7 Å². The number of esters is 2. The summed E-state index contributed by atoms with van der Waals surface area (Å²) < 4.78 is 21.1. The van der Waals surface area contributed by atoms with Crippen molar-refractivity contribution in [3.05, 3.63) is 120 Å². The second-order valence-electron chi connectivity index (χ2n) is 17.2. The van der Waals surface area contributed by atoms with Crippen molar-refractivity contribution in [2.45, 2.75) is 115 Å². The number of nitrogens with zero attached hydrogens (tertiary/aromatic N) is 6. The van der Waals surface area contributed by atoms with E-state index in [1.54, 1.807) is 12.4 Å². The molecule has 0 aliphatic heterocycles. The first-order chi connectivity index (χ1) is 29.2. The van der Waals surface area contributed by atoms with Crippen LogP contribution in [0.25, 0.3) is 21.8 Å². The van der Waals surface area contributed by atoms with Crippen molar-refractivity contribution >= 4 is 45.3 Å². The third-order valence-corrected chi connectivity index (χ3v) is 13.7. The summed E-state index contributed by atoms with van der Waals surface area (Å²) in [6.45, 7) is 4.64. The van der Waals surface area contributed by atoms with E-state index in [1.165, 1.54) is 0 Å². The standard InChI is InChI=1S/C48H50N6O6/c1-29-49-21-23-51(29)27-31-25-39(45-43(47(31)57)35-15-7-9-17-37(35)53(45)33-11-3-4-12-33)59-41(55)19-20-42(56)60-40-26-32(28-52-24-22-50-30(52)2)48(58)44-36-16-8-10-18-38(36)54(46(40)44)34-13-5-6-14-34/h7-10,15-24,31-34,39-40H,3-6,11-14,25-28H2,1-2H3/b20-19-. The fourth-order valence-corrected chi connectivity index (χ4v) is 10.9. The quantitative estimate of drug-likeness (QED) is 0.0990. The predicted octanol–water partition coefficient (Wildman–Crippen LogP) is 9.07. The van der Waals surface area contributed by atoms with Gasteiger partial charge in [0.15, 0.2) is 11.6 Å². The summed E-state index contributed by atoms with van der Waals surface area (Å²) in [5.74, 6) is -0.588. The van der Waals surface area contributed by atoms with Crippen LogP contribution < -0.4 is 0 Å². The van der Waals surface area contributed by atoms with Crippen LogP contribution in [0.5, 0.6) is 0 Å². The van der Waals surface area contributed by atoms with Gasteiger partial charge in [-0.2, -0.15) is 0 Å². The van der Waals surface area contributed by atoms with Crippen molar-refractivity contribution in [2.24, 2.45) is 11.8 Å². The van der Waals surface area contributed by atoms with E-state index >= 15 is 0 Å². The zero-order valence-corrected chi connectivity index (χ0v) is 34.2. The molecule has 0 radical (unpaired) electrons. The highest BCUT2D eigenvalue weighted by molar-refractivity contribution is 6.12. The van der Waals surface area contributed by atoms with E-state index < -0.39 is 36.0 Å². The second kappa shape index (κ2) is 15.5. The molecular weight excluding hydrogens is 757 g/mol. The number of carbonyl (C=O) groups is 4. The Morgan fingerprint density at radius 2 is 1.03 bits per heavy atom. The molecule has 2 aromatic carbocycles. The molecule has 10 rings (SSSR count). The molecule has 308 valence electrons. The highest BCUT2D eigenvalue weighted by atomic mass is 16.5. The molecule has 2 fully saturated rings. The maximum Gasteiger partial charge on any atom is 0.331 e. The number of ether oxygens (including phenoxy) is 2. The molecule has 4 aromatic heterocycles. The Morgan fingerprint density at radius 3 is 1.42 bits per heavy atom. The molecular formula is C48H50N6O6. The van der Waals surface area contributed by atoms with Gasteiger partial charge in [-0.1, -0.05) is 62.1 Å². The van der Waals surface area contributed by atoms with E-state index in [9.17, 15) is 19.2 Å².